The minimum absolute atomic E-state index is 0.127. The lowest BCUT2D eigenvalue weighted by molar-refractivity contribution is -0.117. The summed E-state index contributed by atoms with van der Waals surface area (Å²) in [4.78, 5) is 20.8. The van der Waals surface area contributed by atoms with Crippen molar-refractivity contribution in [2.75, 3.05) is 7.05 Å². The van der Waals surface area contributed by atoms with Crippen LogP contribution in [0.5, 0.6) is 0 Å². The molecule has 0 saturated carbocycles. The molecule has 4 nitrogen and oxygen atoms in total. The standard InChI is InChI=1S/C5H7BrN2O2/c1-8-5(10)3(6)2-4(7)9/h2H,1H3,(H2,7,9)(H,8,10)/b3-2+. The highest BCUT2D eigenvalue weighted by atomic mass is 79.9. The Balaban J connectivity index is 4.19. The van der Waals surface area contributed by atoms with E-state index in [-0.39, 0.29) is 10.4 Å². The smallest absolute Gasteiger partial charge is 0.258 e. The van der Waals surface area contributed by atoms with Crippen molar-refractivity contribution in [3.8, 4) is 0 Å². The van der Waals surface area contributed by atoms with E-state index in [9.17, 15) is 9.59 Å². The molecule has 0 saturated heterocycles. The van der Waals surface area contributed by atoms with Crippen LogP contribution in [0.3, 0.4) is 0 Å². The first-order valence-corrected chi connectivity index (χ1v) is 3.26. The molecule has 0 heterocycles. The van der Waals surface area contributed by atoms with Gasteiger partial charge in [-0.15, -0.1) is 0 Å². The number of nitrogens with one attached hydrogen (secondary N) is 1. The Kier molecular flexibility index (Phi) is 3.71. The van der Waals surface area contributed by atoms with Gasteiger partial charge in [0.25, 0.3) is 5.91 Å². The molecule has 0 rings (SSSR count). The van der Waals surface area contributed by atoms with Crippen molar-refractivity contribution in [3.05, 3.63) is 10.6 Å². The summed E-state index contributed by atoms with van der Waals surface area (Å²) in [6, 6.07) is 0. The van der Waals surface area contributed by atoms with Gasteiger partial charge in [-0.25, -0.2) is 0 Å². The average Bonchev–Trinajstić information content (AvgIpc) is 1.85. The molecule has 0 aromatic heterocycles. The van der Waals surface area contributed by atoms with Crippen molar-refractivity contribution < 1.29 is 9.59 Å². The Labute approximate surface area is 66.6 Å². The van der Waals surface area contributed by atoms with E-state index in [0.29, 0.717) is 0 Å². The number of primary amides is 1. The van der Waals surface area contributed by atoms with Crippen molar-refractivity contribution in [1.29, 1.82) is 0 Å². The van der Waals surface area contributed by atoms with Gasteiger partial charge in [-0.05, 0) is 15.9 Å². The highest BCUT2D eigenvalue weighted by molar-refractivity contribution is 9.12. The molecule has 3 N–H and O–H groups in total. The summed E-state index contributed by atoms with van der Waals surface area (Å²) in [5, 5.41) is 2.31. The molecule has 0 aliphatic heterocycles. The van der Waals surface area contributed by atoms with Crippen LogP contribution in [0.15, 0.2) is 10.6 Å². The van der Waals surface area contributed by atoms with Crippen LogP contribution in [-0.4, -0.2) is 18.9 Å². The maximum absolute atomic E-state index is 10.6. The van der Waals surface area contributed by atoms with Gasteiger partial charge in [0.05, 0.1) is 4.48 Å². The van der Waals surface area contributed by atoms with Gasteiger partial charge in [0.15, 0.2) is 0 Å². The molecule has 0 aliphatic rings. The molecule has 0 aromatic carbocycles. The van der Waals surface area contributed by atoms with Crippen LogP contribution in [0.2, 0.25) is 0 Å². The number of hydrogen-bond donors (Lipinski definition) is 2. The van der Waals surface area contributed by atoms with Crippen LogP contribution in [0.25, 0.3) is 0 Å². The summed E-state index contributed by atoms with van der Waals surface area (Å²) >= 11 is 2.85. The molecule has 0 spiro atoms. The Morgan fingerprint density at radius 1 is 1.60 bits per heavy atom. The second kappa shape index (κ2) is 4.05. The Morgan fingerprint density at radius 2 is 2.10 bits per heavy atom. The molecule has 0 bridgehead atoms. The lowest BCUT2D eigenvalue weighted by atomic mass is 10.4. The molecular formula is C5H7BrN2O2. The molecule has 0 aliphatic carbocycles. The zero-order chi connectivity index (χ0) is 8.15. The molecule has 0 unspecified atom stereocenters. The van der Waals surface area contributed by atoms with E-state index in [1.807, 2.05) is 0 Å². The van der Waals surface area contributed by atoms with Crippen molar-refractivity contribution in [3.63, 3.8) is 0 Å². The van der Waals surface area contributed by atoms with E-state index in [2.05, 4.69) is 21.2 Å². The van der Waals surface area contributed by atoms with E-state index in [0.717, 1.165) is 6.08 Å². The van der Waals surface area contributed by atoms with Gasteiger partial charge in [-0.1, -0.05) is 0 Å². The van der Waals surface area contributed by atoms with E-state index < -0.39 is 5.91 Å². The van der Waals surface area contributed by atoms with Gasteiger partial charge in [0.2, 0.25) is 5.91 Å². The number of rotatable bonds is 2. The summed E-state index contributed by atoms with van der Waals surface area (Å²) in [5.41, 5.74) is 4.76. The monoisotopic (exact) mass is 206 g/mol. The van der Waals surface area contributed by atoms with Crippen LogP contribution in [0.1, 0.15) is 0 Å². The fourth-order valence-corrected chi connectivity index (χ4v) is 0.734. The number of nitrogens with two attached hydrogens (primary N) is 1. The largest absolute Gasteiger partial charge is 0.366 e. The SMILES string of the molecule is CNC(=O)/C(Br)=C\C(N)=O. The second-order valence-corrected chi connectivity index (χ2v) is 2.33. The van der Waals surface area contributed by atoms with Crippen LogP contribution in [0, 0.1) is 0 Å². The normalized spacial score (nSPS) is 10.8. The molecule has 56 valence electrons. The molecule has 0 aromatic rings. The van der Waals surface area contributed by atoms with Gasteiger partial charge in [-0.3, -0.25) is 9.59 Å². The molecule has 10 heavy (non-hydrogen) atoms. The molecular weight excluding hydrogens is 200 g/mol. The number of amides is 2. The predicted molar refractivity (Wildman–Crippen MR) is 40.3 cm³/mol. The number of carbonyl (C=O) groups is 2. The second-order valence-electron chi connectivity index (χ2n) is 1.47. The van der Waals surface area contributed by atoms with Crippen molar-refractivity contribution in [2.24, 2.45) is 5.73 Å². The number of halogens is 1. The maximum Gasteiger partial charge on any atom is 0.258 e. The third-order valence-corrected chi connectivity index (χ3v) is 1.30. The highest BCUT2D eigenvalue weighted by Gasteiger charge is 2.02. The third kappa shape index (κ3) is 3.24. The zero-order valence-electron chi connectivity index (χ0n) is 5.35. The number of likely N-dealkylation sites (N-methyl/N-ethyl adjacent to an activating group) is 1. The van der Waals surface area contributed by atoms with Gasteiger partial charge < -0.3 is 11.1 Å². The zero-order valence-corrected chi connectivity index (χ0v) is 6.94. The first kappa shape index (κ1) is 9.16. The molecule has 0 radical (unpaired) electrons. The van der Waals surface area contributed by atoms with Crippen molar-refractivity contribution >= 4 is 27.7 Å². The van der Waals surface area contributed by atoms with Crippen LogP contribution in [0.4, 0.5) is 0 Å². The van der Waals surface area contributed by atoms with Gasteiger partial charge in [0, 0.05) is 13.1 Å². The number of carbonyl (C=O) groups excluding carboxylic acids is 2. The molecule has 0 fully saturated rings. The quantitative estimate of drug-likeness (QED) is 0.599. The maximum atomic E-state index is 10.6. The predicted octanol–water partition coefficient (Wildman–Crippen LogP) is -0.504. The van der Waals surface area contributed by atoms with Gasteiger partial charge in [0.1, 0.15) is 0 Å². The summed E-state index contributed by atoms with van der Waals surface area (Å²) in [7, 11) is 1.46. The van der Waals surface area contributed by atoms with Gasteiger partial charge >= 0.3 is 0 Å². The van der Waals surface area contributed by atoms with E-state index in [1.54, 1.807) is 0 Å². The summed E-state index contributed by atoms with van der Waals surface area (Å²) in [6.07, 6.45) is 0.999. The topological polar surface area (TPSA) is 72.2 Å². The summed E-state index contributed by atoms with van der Waals surface area (Å²) in [5.74, 6) is -1.03. The minimum Gasteiger partial charge on any atom is -0.366 e. The van der Waals surface area contributed by atoms with Crippen LogP contribution in [-0.2, 0) is 9.59 Å². The Bertz CT molecular complexity index is 188. The van der Waals surface area contributed by atoms with Crippen molar-refractivity contribution in [2.45, 2.75) is 0 Å². The van der Waals surface area contributed by atoms with E-state index in [4.69, 9.17) is 5.73 Å². The molecule has 5 heteroatoms. The Hall–Kier alpha value is -0.840. The van der Waals surface area contributed by atoms with Crippen molar-refractivity contribution in [1.82, 2.24) is 5.32 Å². The summed E-state index contributed by atoms with van der Waals surface area (Å²) in [6.45, 7) is 0. The lowest BCUT2D eigenvalue weighted by Gasteiger charge is -1.93. The van der Waals surface area contributed by atoms with E-state index >= 15 is 0 Å². The number of hydrogen-bond acceptors (Lipinski definition) is 2. The Morgan fingerprint density at radius 3 is 2.40 bits per heavy atom. The summed E-state index contributed by atoms with van der Waals surface area (Å²) < 4.78 is 0.127. The van der Waals surface area contributed by atoms with E-state index in [1.165, 1.54) is 7.05 Å². The fourth-order valence-electron chi connectivity index (χ4n) is 0.310. The highest BCUT2D eigenvalue weighted by Crippen LogP contribution is 2.02. The van der Waals surface area contributed by atoms with Crippen LogP contribution < -0.4 is 11.1 Å². The molecule has 2 amide bonds. The first-order chi connectivity index (χ1) is 4.57. The average molecular weight is 207 g/mol. The minimum atomic E-state index is -0.657. The first-order valence-electron chi connectivity index (χ1n) is 2.46. The van der Waals surface area contributed by atoms with Crippen LogP contribution >= 0.6 is 15.9 Å². The lowest BCUT2D eigenvalue weighted by Crippen LogP contribution is -2.19. The molecule has 0 atom stereocenters. The third-order valence-electron chi connectivity index (χ3n) is 0.713. The fraction of sp³-hybridized carbons (Fsp3) is 0.200. The van der Waals surface area contributed by atoms with Gasteiger partial charge in [-0.2, -0.15) is 0 Å².